The van der Waals surface area contributed by atoms with Gasteiger partial charge in [0.25, 0.3) is 0 Å². The number of thiocarbonyl (C=S) groups is 1. The third kappa shape index (κ3) is 2.34. The fourth-order valence-corrected chi connectivity index (χ4v) is 1.47. The molecule has 0 aromatic heterocycles. The number of hydrogen-bond acceptors (Lipinski definition) is 4. The molecule has 0 aromatic rings. The largest absolute Gasteiger partial charge is 0.371 e. The van der Waals surface area contributed by atoms with Crippen LogP contribution in [0.15, 0.2) is 0 Å². The first-order valence-corrected chi connectivity index (χ1v) is 3.50. The molecule has 1 saturated heterocycles. The summed E-state index contributed by atoms with van der Waals surface area (Å²) >= 11 is 6.12. The van der Waals surface area contributed by atoms with E-state index in [2.05, 4.69) is 0 Å². The van der Waals surface area contributed by atoms with Crippen LogP contribution in [-0.4, -0.2) is 56.0 Å². The molecule has 1 aliphatic heterocycles. The quantitative estimate of drug-likeness (QED) is 0.283. The van der Waals surface area contributed by atoms with E-state index in [1.807, 2.05) is 0 Å². The van der Waals surface area contributed by atoms with Crippen LogP contribution in [-0.2, 0) is 0 Å². The molecule has 9 heavy (non-hydrogen) atoms. The summed E-state index contributed by atoms with van der Waals surface area (Å²) in [6.07, 6.45) is -0.576. The Morgan fingerprint density at radius 1 is 1.89 bits per heavy atom. The summed E-state index contributed by atoms with van der Waals surface area (Å²) in [6, 6.07) is 0. The van der Waals surface area contributed by atoms with Gasteiger partial charge < -0.3 is 5.11 Å². The molecule has 1 unspecified atom stereocenters. The molecule has 0 amide bonds. The van der Waals surface area contributed by atoms with Gasteiger partial charge in [0.2, 0.25) is 0 Å². The van der Waals surface area contributed by atoms with Crippen LogP contribution in [0.5, 0.6) is 0 Å². The van der Waals surface area contributed by atoms with Gasteiger partial charge in [-0.2, -0.15) is 0 Å². The van der Waals surface area contributed by atoms with Gasteiger partial charge in [-0.3, -0.25) is 5.01 Å². The zero-order chi connectivity index (χ0) is 6.15. The van der Waals surface area contributed by atoms with Gasteiger partial charge in [-0.15, -0.1) is 0 Å². The maximum atomic E-state index is 8.86. The predicted octanol–water partition coefficient (Wildman–Crippen LogP) is -0.869. The third-order valence-electron chi connectivity index (χ3n) is 0.888. The molecule has 1 aliphatic rings. The molecule has 0 saturated carbocycles. The first-order valence-electron chi connectivity index (χ1n) is 2.10. The molecule has 0 aromatic carbocycles. The van der Waals surface area contributed by atoms with Gasteiger partial charge >= 0.3 is 0 Å². The Morgan fingerprint density at radius 3 is 2.56 bits per heavy atom. The van der Waals surface area contributed by atoms with E-state index >= 15 is 0 Å². The summed E-state index contributed by atoms with van der Waals surface area (Å²) in [4.78, 5) is 0. The smallest absolute Gasteiger partial charge is 0.152 e. The Kier molecular flexibility index (Phi) is 4.66. The van der Waals surface area contributed by atoms with E-state index in [1.54, 1.807) is 0 Å². The van der Waals surface area contributed by atoms with E-state index in [-0.39, 0.29) is 29.6 Å². The fraction of sp³-hybridized carbons (Fsp3) is 0.667. The summed E-state index contributed by atoms with van der Waals surface area (Å²) in [5.74, 6) is 5.84. The van der Waals surface area contributed by atoms with Crippen molar-refractivity contribution in [3.63, 3.8) is 0 Å². The Morgan fingerprint density at radius 2 is 2.44 bits per heavy atom. The van der Waals surface area contributed by atoms with E-state index in [9.17, 15) is 0 Å². The minimum atomic E-state index is -0.576. The summed E-state index contributed by atoms with van der Waals surface area (Å²) in [5, 5.41) is 10.1. The summed E-state index contributed by atoms with van der Waals surface area (Å²) in [6.45, 7) is 0. The van der Waals surface area contributed by atoms with Gasteiger partial charge in [-0.05, 0) is 0 Å². The first-order chi connectivity index (χ1) is 3.72. The van der Waals surface area contributed by atoms with Gasteiger partial charge in [0.15, 0.2) is 10.5 Å². The monoisotopic (exact) mass is 173 g/mol. The van der Waals surface area contributed by atoms with Crippen molar-refractivity contribution in [1.29, 1.82) is 0 Å². The molecule has 1 heterocycles. The SMILES string of the molecule is NN1C(=S)SCC1O.[Na]. The van der Waals surface area contributed by atoms with Crippen LogP contribution in [0.4, 0.5) is 0 Å². The maximum Gasteiger partial charge on any atom is 0.152 e. The molecular formula is C3H6N2NaOS2. The minimum absolute atomic E-state index is 0. The number of hydrogen-bond donors (Lipinski definition) is 2. The van der Waals surface area contributed by atoms with E-state index in [4.69, 9.17) is 23.2 Å². The predicted molar refractivity (Wildman–Crippen MR) is 42.8 cm³/mol. The van der Waals surface area contributed by atoms with Gasteiger partial charge in [-0.1, -0.05) is 24.0 Å². The van der Waals surface area contributed by atoms with Crippen molar-refractivity contribution in [3.8, 4) is 0 Å². The second kappa shape index (κ2) is 4.12. The number of nitrogens with two attached hydrogens (primary N) is 1. The molecule has 1 radical (unpaired) electrons. The molecular weight excluding hydrogens is 167 g/mol. The van der Waals surface area contributed by atoms with Crippen LogP contribution >= 0.6 is 24.0 Å². The van der Waals surface area contributed by atoms with Crippen molar-refractivity contribution >= 4 is 57.9 Å². The van der Waals surface area contributed by atoms with Crippen LogP contribution in [0.25, 0.3) is 0 Å². The summed E-state index contributed by atoms with van der Waals surface area (Å²) in [5.41, 5.74) is 0. The third-order valence-corrected chi connectivity index (χ3v) is 2.37. The van der Waals surface area contributed by atoms with Crippen LogP contribution < -0.4 is 5.84 Å². The molecule has 0 spiro atoms. The van der Waals surface area contributed by atoms with E-state index < -0.39 is 6.23 Å². The molecule has 3 N–H and O–H groups in total. The number of nitrogens with zero attached hydrogens (tertiary/aromatic N) is 1. The molecule has 1 fully saturated rings. The number of rotatable bonds is 0. The second-order valence-corrected chi connectivity index (χ2v) is 3.12. The van der Waals surface area contributed by atoms with Crippen molar-refractivity contribution in [3.05, 3.63) is 0 Å². The van der Waals surface area contributed by atoms with Gasteiger partial charge in [-0.25, -0.2) is 5.84 Å². The Labute approximate surface area is 85.2 Å². The molecule has 47 valence electrons. The van der Waals surface area contributed by atoms with Crippen molar-refractivity contribution in [2.24, 2.45) is 5.84 Å². The van der Waals surface area contributed by atoms with Crippen molar-refractivity contribution in [1.82, 2.24) is 5.01 Å². The Balaban J connectivity index is 0.000000640. The molecule has 0 bridgehead atoms. The van der Waals surface area contributed by atoms with Crippen LogP contribution in [0, 0.1) is 0 Å². The normalized spacial score (nSPS) is 26.2. The number of hydrazine groups is 1. The molecule has 3 nitrogen and oxygen atoms in total. The fourth-order valence-electron chi connectivity index (χ4n) is 0.422. The van der Waals surface area contributed by atoms with E-state index in [1.165, 1.54) is 16.8 Å². The summed E-state index contributed by atoms with van der Waals surface area (Å²) in [7, 11) is 0. The van der Waals surface area contributed by atoms with Gasteiger partial charge in [0, 0.05) is 35.3 Å². The summed E-state index contributed by atoms with van der Waals surface area (Å²) < 4.78 is 0.567. The minimum Gasteiger partial charge on any atom is -0.371 e. The molecule has 1 rings (SSSR count). The number of aliphatic hydroxyl groups excluding tert-OH is 1. The average Bonchev–Trinajstić information content (AvgIpc) is 1.98. The van der Waals surface area contributed by atoms with Gasteiger partial charge in [0.05, 0.1) is 0 Å². The van der Waals surface area contributed by atoms with Crippen LogP contribution in [0.3, 0.4) is 0 Å². The zero-order valence-corrected chi connectivity index (χ0v) is 8.71. The van der Waals surface area contributed by atoms with E-state index in [0.717, 1.165) is 0 Å². The van der Waals surface area contributed by atoms with E-state index in [0.29, 0.717) is 10.1 Å². The zero-order valence-electron chi connectivity index (χ0n) is 5.07. The average molecular weight is 173 g/mol. The van der Waals surface area contributed by atoms with Crippen LogP contribution in [0.1, 0.15) is 0 Å². The number of thioether (sulfide) groups is 1. The molecule has 0 aliphatic carbocycles. The Bertz CT molecular complexity index is 122. The topological polar surface area (TPSA) is 49.5 Å². The van der Waals surface area contributed by atoms with Crippen molar-refractivity contribution < 1.29 is 5.11 Å². The second-order valence-electron chi connectivity index (χ2n) is 1.46. The molecule has 1 atom stereocenters. The maximum absolute atomic E-state index is 8.86. The van der Waals surface area contributed by atoms with Crippen molar-refractivity contribution in [2.45, 2.75) is 6.23 Å². The van der Waals surface area contributed by atoms with Gasteiger partial charge in [0.1, 0.15) is 0 Å². The molecule has 6 heteroatoms. The number of aliphatic hydroxyl groups is 1. The Hall–Kier alpha value is 1.16. The van der Waals surface area contributed by atoms with Crippen LogP contribution in [0.2, 0.25) is 0 Å². The first kappa shape index (κ1) is 10.2. The standard InChI is InChI=1S/C3H6N2OS2.Na/c4-5-2(6)1-8-3(5)7;/h2,6H,1,4H2;. The van der Waals surface area contributed by atoms with Crippen molar-refractivity contribution in [2.75, 3.05) is 5.75 Å².